The van der Waals surface area contributed by atoms with Crippen molar-refractivity contribution >= 4 is 52.0 Å². The molecule has 5 rings (SSSR count). The van der Waals surface area contributed by atoms with Crippen LogP contribution in [0.3, 0.4) is 0 Å². The van der Waals surface area contributed by atoms with Crippen LogP contribution in [-0.4, -0.2) is 88.2 Å². The molecule has 0 saturated carbocycles. The maximum Gasteiger partial charge on any atom is 0.407 e. The van der Waals surface area contributed by atoms with Crippen molar-refractivity contribution in [3.63, 3.8) is 0 Å². The smallest absolute Gasteiger partial charge is 0.407 e. The Bertz CT molecular complexity index is 1760. The predicted octanol–water partition coefficient (Wildman–Crippen LogP) is 4.85. The van der Waals surface area contributed by atoms with E-state index in [2.05, 4.69) is 41.3 Å². The molecule has 2 saturated heterocycles. The topological polar surface area (TPSA) is 147 Å². The van der Waals surface area contributed by atoms with Crippen LogP contribution in [0.15, 0.2) is 34.6 Å². The second-order valence-corrected chi connectivity index (χ2v) is 15.4. The maximum atomic E-state index is 13.9. The molecule has 0 aromatic carbocycles. The molecule has 2 amide bonds. The van der Waals surface area contributed by atoms with Gasteiger partial charge in [0.1, 0.15) is 23.2 Å². The number of aromatic nitrogens is 3. The van der Waals surface area contributed by atoms with Gasteiger partial charge in [0.25, 0.3) is 11.5 Å². The molecule has 13 nitrogen and oxygen atoms in total. The van der Waals surface area contributed by atoms with Crippen molar-refractivity contribution in [1.82, 2.24) is 24.6 Å². The van der Waals surface area contributed by atoms with Gasteiger partial charge < -0.3 is 24.6 Å². The van der Waals surface area contributed by atoms with Crippen molar-refractivity contribution in [2.75, 3.05) is 49.5 Å². The van der Waals surface area contributed by atoms with Gasteiger partial charge in [-0.2, -0.15) is 0 Å². The van der Waals surface area contributed by atoms with Crippen molar-refractivity contribution in [3.8, 4) is 0 Å². The summed E-state index contributed by atoms with van der Waals surface area (Å²) in [6, 6.07) is 3.09. The summed E-state index contributed by atoms with van der Waals surface area (Å²) < 4.78 is 12.5. The molecule has 3 aromatic heterocycles. The van der Waals surface area contributed by atoms with E-state index in [9.17, 15) is 19.2 Å². The number of hydrogen-bond acceptors (Lipinski definition) is 11. The lowest BCUT2D eigenvalue weighted by Gasteiger charge is -2.34. The molecule has 14 heteroatoms. The van der Waals surface area contributed by atoms with Crippen LogP contribution in [0.5, 0.6) is 0 Å². The standard InChI is InChI=1S/C35H47N7O6S/c1-34(2,3)26-22-49-32(37-26)39-30(44)23-13-18-42-27(20-23)38-29(25(31(42)45)11-12-28(43)48-35(4,5)6)41-17-9-10-24(21-41)47-33(46)36-14-19-40-15-7-8-16-40/h11-13,18,20,22,24H,7-10,14-17,19,21H2,1-6H3,(H,36,46)(H,37,39,44)/t24-/m1/s1. The van der Waals surface area contributed by atoms with E-state index >= 15 is 0 Å². The molecule has 3 aromatic rings. The van der Waals surface area contributed by atoms with Gasteiger partial charge in [0, 0.05) is 48.3 Å². The van der Waals surface area contributed by atoms with Gasteiger partial charge in [0.05, 0.1) is 17.8 Å². The number of amides is 2. The maximum absolute atomic E-state index is 13.9. The summed E-state index contributed by atoms with van der Waals surface area (Å²) in [5, 5.41) is 8.10. The van der Waals surface area contributed by atoms with Crippen LogP contribution in [0.1, 0.15) is 88.8 Å². The van der Waals surface area contributed by atoms with Gasteiger partial charge in [-0.3, -0.25) is 19.3 Å². The van der Waals surface area contributed by atoms with Gasteiger partial charge in [-0.05, 0) is 77.8 Å². The Balaban J connectivity index is 1.39. The van der Waals surface area contributed by atoms with Gasteiger partial charge in [0.15, 0.2) is 5.13 Å². The number of fused-ring (bicyclic) bond motifs is 1. The Hall–Kier alpha value is -4.30. The average molecular weight is 694 g/mol. The zero-order valence-electron chi connectivity index (χ0n) is 29.2. The van der Waals surface area contributed by atoms with Crippen LogP contribution >= 0.6 is 11.3 Å². The van der Waals surface area contributed by atoms with Crippen molar-refractivity contribution in [3.05, 3.63) is 57.0 Å². The van der Waals surface area contributed by atoms with E-state index in [1.807, 2.05) is 10.3 Å². The monoisotopic (exact) mass is 693 g/mol. The molecule has 0 aliphatic carbocycles. The SMILES string of the molecule is CC(C)(C)OC(=O)C=Cc1c(N2CCC[C@@H](OC(=O)NCCN3CCCC3)C2)nc2cc(C(=O)Nc3nc(C(C)(C)C)cs3)ccn2c1=O. The van der Waals surface area contributed by atoms with Crippen LogP contribution in [0, 0.1) is 0 Å². The van der Waals surface area contributed by atoms with E-state index < -0.39 is 29.3 Å². The third-order valence-corrected chi connectivity index (χ3v) is 9.00. The van der Waals surface area contributed by atoms with Gasteiger partial charge in [-0.25, -0.2) is 19.6 Å². The van der Waals surface area contributed by atoms with E-state index in [1.165, 1.54) is 53.0 Å². The minimum Gasteiger partial charge on any atom is -0.457 e. The fourth-order valence-corrected chi connectivity index (χ4v) is 6.67. The Morgan fingerprint density at radius 3 is 2.51 bits per heavy atom. The molecule has 0 spiro atoms. The number of alkyl carbamates (subject to hydrolysis) is 1. The number of nitrogens with one attached hydrogen (secondary N) is 2. The second kappa shape index (κ2) is 15.1. The number of piperidine rings is 1. The first-order chi connectivity index (χ1) is 23.2. The lowest BCUT2D eigenvalue weighted by molar-refractivity contribution is -0.148. The number of pyridine rings is 1. The molecule has 0 bridgehead atoms. The first-order valence-corrected chi connectivity index (χ1v) is 17.7. The average Bonchev–Trinajstić information content (AvgIpc) is 3.72. The Morgan fingerprint density at radius 1 is 1.06 bits per heavy atom. The second-order valence-electron chi connectivity index (χ2n) is 14.5. The van der Waals surface area contributed by atoms with Gasteiger partial charge in [-0.15, -0.1) is 11.3 Å². The Labute approximate surface area is 290 Å². The van der Waals surface area contributed by atoms with Crippen LogP contribution in [0.2, 0.25) is 0 Å². The zero-order valence-corrected chi connectivity index (χ0v) is 30.0. The van der Waals surface area contributed by atoms with Crippen molar-refractivity contribution in [2.24, 2.45) is 0 Å². The summed E-state index contributed by atoms with van der Waals surface area (Å²) in [5.41, 5.74) is 0.302. The normalized spacial score (nSPS) is 17.4. The highest BCUT2D eigenvalue weighted by Gasteiger charge is 2.28. The molecule has 264 valence electrons. The summed E-state index contributed by atoms with van der Waals surface area (Å²) in [4.78, 5) is 66.0. The first-order valence-electron chi connectivity index (χ1n) is 16.8. The summed E-state index contributed by atoms with van der Waals surface area (Å²) >= 11 is 1.35. The number of thiazole rings is 1. The van der Waals surface area contributed by atoms with E-state index in [-0.39, 0.29) is 22.5 Å². The molecule has 0 unspecified atom stereocenters. The van der Waals surface area contributed by atoms with Crippen LogP contribution in [-0.2, 0) is 19.7 Å². The number of rotatable bonds is 9. The predicted molar refractivity (Wildman–Crippen MR) is 191 cm³/mol. The van der Waals surface area contributed by atoms with Crippen LogP contribution in [0.4, 0.5) is 15.7 Å². The van der Waals surface area contributed by atoms with Crippen molar-refractivity contribution < 1.29 is 23.9 Å². The first kappa shape index (κ1) is 36.0. The number of esters is 1. The minimum atomic E-state index is -0.711. The number of likely N-dealkylation sites (tertiary alicyclic amines) is 1. The lowest BCUT2D eigenvalue weighted by Crippen LogP contribution is -2.44. The quantitative estimate of drug-likeness (QED) is 0.236. The molecule has 2 N–H and O–H groups in total. The molecule has 5 heterocycles. The molecule has 49 heavy (non-hydrogen) atoms. The number of anilines is 2. The van der Waals surface area contributed by atoms with E-state index in [0.29, 0.717) is 49.0 Å². The van der Waals surface area contributed by atoms with Crippen LogP contribution < -0.4 is 21.1 Å². The summed E-state index contributed by atoms with van der Waals surface area (Å²) in [6.07, 6.45) is 6.92. The number of carbonyl (C=O) groups is 3. The van der Waals surface area contributed by atoms with E-state index in [4.69, 9.17) is 14.5 Å². The van der Waals surface area contributed by atoms with Crippen molar-refractivity contribution in [2.45, 2.75) is 84.3 Å². The fraction of sp³-hybridized carbons (Fsp3) is 0.543. The third kappa shape index (κ3) is 9.66. The molecule has 1 atom stereocenters. The number of carbonyl (C=O) groups excluding carboxylic acids is 3. The lowest BCUT2D eigenvalue weighted by atomic mass is 9.93. The van der Waals surface area contributed by atoms with Gasteiger partial charge >= 0.3 is 12.1 Å². The summed E-state index contributed by atoms with van der Waals surface area (Å²) in [6.45, 7) is 15.7. The van der Waals surface area contributed by atoms with Crippen molar-refractivity contribution in [1.29, 1.82) is 0 Å². The number of hydrogen-bond donors (Lipinski definition) is 2. The van der Waals surface area contributed by atoms with E-state index in [1.54, 1.807) is 26.8 Å². The zero-order chi connectivity index (χ0) is 35.3. The fourth-order valence-electron chi connectivity index (χ4n) is 5.74. The molecule has 2 aliphatic rings. The number of nitrogens with zero attached hydrogens (tertiary/aromatic N) is 5. The molecule has 0 radical (unpaired) electrons. The Morgan fingerprint density at radius 2 is 1.82 bits per heavy atom. The van der Waals surface area contributed by atoms with E-state index in [0.717, 1.165) is 25.3 Å². The highest BCUT2D eigenvalue weighted by atomic mass is 32.1. The Kier molecular flexibility index (Phi) is 11.1. The number of ether oxygens (including phenoxy) is 2. The largest absolute Gasteiger partial charge is 0.457 e. The summed E-state index contributed by atoms with van der Waals surface area (Å²) in [5.74, 6) is -0.665. The molecule has 2 aliphatic heterocycles. The van der Waals surface area contributed by atoms with Crippen LogP contribution in [0.25, 0.3) is 11.7 Å². The summed E-state index contributed by atoms with van der Waals surface area (Å²) in [7, 11) is 0. The van der Waals surface area contributed by atoms with Gasteiger partial charge in [0.2, 0.25) is 0 Å². The molecular weight excluding hydrogens is 646 g/mol. The minimum absolute atomic E-state index is 0.158. The highest BCUT2D eigenvalue weighted by molar-refractivity contribution is 7.14. The molecular formula is C35H47N7O6S. The molecule has 2 fully saturated rings. The third-order valence-electron chi connectivity index (χ3n) is 8.24. The van der Waals surface area contributed by atoms with Gasteiger partial charge in [-0.1, -0.05) is 20.8 Å². The highest BCUT2D eigenvalue weighted by Crippen LogP contribution is 2.27.